The van der Waals surface area contributed by atoms with E-state index in [1.807, 2.05) is 30.6 Å². The molecular weight excluding hydrogens is 254 g/mol. The van der Waals surface area contributed by atoms with Crippen molar-refractivity contribution in [1.82, 2.24) is 15.3 Å². The molecule has 0 saturated heterocycles. The molecule has 2 aromatic rings. The Hall–Kier alpha value is -2.14. The van der Waals surface area contributed by atoms with Crippen LogP contribution >= 0.6 is 0 Å². The first kappa shape index (κ1) is 12.9. The summed E-state index contributed by atoms with van der Waals surface area (Å²) in [5.41, 5.74) is 2.15. The largest absolute Gasteiger partial charge is 0.486 e. The molecule has 0 saturated carbocycles. The molecule has 2 heterocycles. The summed E-state index contributed by atoms with van der Waals surface area (Å²) in [5.74, 6) is 1.60. The van der Waals surface area contributed by atoms with Crippen LogP contribution in [0.5, 0.6) is 11.5 Å². The molecule has 1 N–H and O–H groups in total. The lowest BCUT2D eigenvalue weighted by atomic mass is 10.0. The topological polar surface area (TPSA) is 56.3 Å². The van der Waals surface area contributed by atoms with E-state index in [-0.39, 0.29) is 6.04 Å². The highest BCUT2D eigenvalue weighted by Gasteiger charge is 2.18. The van der Waals surface area contributed by atoms with E-state index in [9.17, 15) is 0 Å². The summed E-state index contributed by atoms with van der Waals surface area (Å²) in [4.78, 5) is 8.19. The molecule has 0 aliphatic carbocycles. The van der Waals surface area contributed by atoms with Crippen molar-refractivity contribution < 1.29 is 9.47 Å². The number of hydrogen-bond donors (Lipinski definition) is 1. The summed E-state index contributed by atoms with van der Waals surface area (Å²) < 4.78 is 11.2. The SMILES string of the molecule is CCNC(c1cncnc1)c1ccc2c(c1)OCCO2. The predicted octanol–water partition coefficient (Wildman–Crippen LogP) is 1.95. The van der Waals surface area contributed by atoms with E-state index in [4.69, 9.17) is 9.47 Å². The lowest BCUT2D eigenvalue weighted by molar-refractivity contribution is 0.171. The number of nitrogens with one attached hydrogen (secondary N) is 1. The van der Waals surface area contributed by atoms with Crippen molar-refractivity contribution in [3.8, 4) is 11.5 Å². The molecule has 5 heteroatoms. The molecule has 5 nitrogen and oxygen atoms in total. The first-order valence-corrected chi connectivity index (χ1v) is 6.76. The molecule has 104 valence electrons. The summed E-state index contributed by atoms with van der Waals surface area (Å²) in [6, 6.07) is 6.08. The normalized spacial score (nSPS) is 14.8. The average molecular weight is 271 g/mol. The first-order chi connectivity index (χ1) is 9.88. The van der Waals surface area contributed by atoms with E-state index in [1.54, 1.807) is 0 Å². The monoisotopic (exact) mass is 271 g/mol. The van der Waals surface area contributed by atoms with Crippen LogP contribution in [0.2, 0.25) is 0 Å². The van der Waals surface area contributed by atoms with Gasteiger partial charge in [0, 0.05) is 18.0 Å². The minimum atomic E-state index is 0.0528. The maximum atomic E-state index is 5.64. The Morgan fingerprint density at radius 1 is 1.10 bits per heavy atom. The first-order valence-electron chi connectivity index (χ1n) is 6.76. The van der Waals surface area contributed by atoms with Gasteiger partial charge in [-0.2, -0.15) is 0 Å². The number of rotatable bonds is 4. The summed E-state index contributed by atoms with van der Waals surface area (Å²) in [6.07, 6.45) is 5.20. The maximum absolute atomic E-state index is 5.64. The fourth-order valence-electron chi connectivity index (χ4n) is 2.33. The molecule has 1 aromatic heterocycles. The van der Waals surface area contributed by atoms with Crippen LogP contribution in [-0.2, 0) is 0 Å². The van der Waals surface area contributed by atoms with Crippen molar-refractivity contribution in [2.24, 2.45) is 0 Å². The van der Waals surface area contributed by atoms with Gasteiger partial charge < -0.3 is 14.8 Å². The molecule has 1 aliphatic heterocycles. The van der Waals surface area contributed by atoms with Crippen LogP contribution in [0.3, 0.4) is 0 Å². The van der Waals surface area contributed by atoms with E-state index in [0.29, 0.717) is 13.2 Å². The zero-order chi connectivity index (χ0) is 13.8. The van der Waals surface area contributed by atoms with E-state index < -0.39 is 0 Å². The standard InChI is InChI=1S/C15H17N3O2/c1-2-18-15(12-8-16-10-17-9-12)11-3-4-13-14(7-11)20-6-5-19-13/h3-4,7-10,15,18H,2,5-6H2,1H3. The van der Waals surface area contributed by atoms with Gasteiger partial charge in [0.1, 0.15) is 19.5 Å². The van der Waals surface area contributed by atoms with Gasteiger partial charge >= 0.3 is 0 Å². The highest BCUT2D eigenvalue weighted by molar-refractivity contribution is 5.46. The molecule has 20 heavy (non-hydrogen) atoms. The Morgan fingerprint density at radius 3 is 2.60 bits per heavy atom. The summed E-state index contributed by atoms with van der Waals surface area (Å²) in [6.45, 7) is 4.13. The van der Waals surface area contributed by atoms with Crippen LogP contribution in [-0.4, -0.2) is 29.7 Å². The van der Waals surface area contributed by atoms with Crippen molar-refractivity contribution in [2.75, 3.05) is 19.8 Å². The van der Waals surface area contributed by atoms with Gasteiger partial charge in [0.2, 0.25) is 0 Å². The molecular formula is C15H17N3O2. The van der Waals surface area contributed by atoms with Crippen molar-refractivity contribution in [2.45, 2.75) is 13.0 Å². The fraction of sp³-hybridized carbons (Fsp3) is 0.333. The molecule has 1 aliphatic rings. The number of nitrogens with zero attached hydrogens (tertiary/aromatic N) is 2. The van der Waals surface area contributed by atoms with Crippen molar-refractivity contribution in [1.29, 1.82) is 0 Å². The summed E-state index contributed by atoms with van der Waals surface area (Å²) >= 11 is 0. The summed E-state index contributed by atoms with van der Waals surface area (Å²) in [7, 11) is 0. The van der Waals surface area contributed by atoms with Crippen LogP contribution in [0, 0.1) is 0 Å². The van der Waals surface area contributed by atoms with Crippen LogP contribution in [0.15, 0.2) is 36.9 Å². The van der Waals surface area contributed by atoms with E-state index >= 15 is 0 Å². The van der Waals surface area contributed by atoms with Crippen molar-refractivity contribution >= 4 is 0 Å². The molecule has 0 fully saturated rings. The van der Waals surface area contributed by atoms with Crippen LogP contribution in [0.25, 0.3) is 0 Å². The molecule has 1 aromatic carbocycles. The van der Waals surface area contributed by atoms with Gasteiger partial charge in [-0.3, -0.25) is 0 Å². The third-order valence-electron chi connectivity index (χ3n) is 3.22. The Labute approximate surface area is 118 Å². The van der Waals surface area contributed by atoms with Crippen LogP contribution in [0.1, 0.15) is 24.1 Å². The molecule has 3 rings (SSSR count). The number of aromatic nitrogens is 2. The number of ether oxygens (including phenoxy) is 2. The molecule has 0 radical (unpaired) electrons. The van der Waals surface area contributed by atoms with Gasteiger partial charge in [0.25, 0.3) is 0 Å². The minimum absolute atomic E-state index is 0.0528. The zero-order valence-corrected chi connectivity index (χ0v) is 11.4. The predicted molar refractivity (Wildman–Crippen MR) is 75.0 cm³/mol. The highest BCUT2D eigenvalue weighted by Crippen LogP contribution is 2.34. The van der Waals surface area contributed by atoms with Crippen LogP contribution in [0.4, 0.5) is 0 Å². The second kappa shape index (κ2) is 5.88. The Morgan fingerprint density at radius 2 is 1.85 bits per heavy atom. The van der Waals surface area contributed by atoms with E-state index in [1.165, 1.54) is 6.33 Å². The minimum Gasteiger partial charge on any atom is -0.486 e. The van der Waals surface area contributed by atoms with Gasteiger partial charge in [-0.05, 0) is 24.2 Å². The van der Waals surface area contributed by atoms with Crippen molar-refractivity contribution in [3.05, 3.63) is 48.0 Å². The Balaban J connectivity index is 1.95. The van der Waals surface area contributed by atoms with Gasteiger partial charge in [0.05, 0.1) is 6.04 Å². The van der Waals surface area contributed by atoms with Crippen LogP contribution < -0.4 is 14.8 Å². The summed E-state index contributed by atoms with van der Waals surface area (Å²) in [5, 5.41) is 3.45. The number of hydrogen-bond acceptors (Lipinski definition) is 5. The number of fused-ring (bicyclic) bond motifs is 1. The van der Waals surface area contributed by atoms with Gasteiger partial charge in [-0.15, -0.1) is 0 Å². The van der Waals surface area contributed by atoms with Crippen molar-refractivity contribution in [3.63, 3.8) is 0 Å². The van der Waals surface area contributed by atoms with Gasteiger partial charge in [-0.1, -0.05) is 13.0 Å². The zero-order valence-electron chi connectivity index (χ0n) is 11.4. The quantitative estimate of drug-likeness (QED) is 0.921. The van der Waals surface area contributed by atoms with Gasteiger partial charge in [-0.25, -0.2) is 9.97 Å². The molecule has 0 spiro atoms. The second-order valence-corrected chi connectivity index (χ2v) is 4.57. The lowest BCUT2D eigenvalue weighted by Crippen LogP contribution is -2.23. The number of benzene rings is 1. The Bertz CT molecular complexity index is 575. The third kappa shape index (κ3) is 2.58. The third-order valence-corrected chi connectivity index (χ3v) is 3.22. The second-order valence-electron chi connectivity index (χ2n) is 4.57. The van der Waals surface area contributed by atoms with Gasteiger partial charge in [0.15, 0.2) is 11.5 Å². The lowest BCUT2D eigenvalue weighted by Gasteiger charge is -2.22. The molecule has 0 amide bonds. The van der Waals surface area contributed by atoms with E-state index in [2.05, 4.69) is 22.2 Å². The van der Waals surface area contributed by atoms with E-state index in [0.717, 1.165) is 29.2 Å². The highest BCUT2D eigenvalue weighted by atomic mass is 16.6. The molecule has 1 atom stereocenters. The smallest absolute Gasteiger partial charge is 0.161 e. The molecule has 0 bridgehead atoms. The fourth-order valence-corrected chi connectivity index (χ4v) is 2.33. The maximum Gasteiger partial charge on any atom is 0.161 e. The molecule has 1 unspecified atom stereocenters. The average Bonchev–Trinajstić information content (AvgIpc) is 2.53. The Kier molecular flexibility index (Phi) is 3.78.